The fourth-order valence-electron chi connectivity index (χ4n) is 2.02. The van der Waals surface area contributed by atoms with Gasteiger partial charge in [-0.3, -0.25) is 14.7 Å². The number of rotatable bonds is 2. The first-order chi connectivity index (χ1) is 10.3. The molecule has 6 heteroatoms. The van der Waals surface area contributed by atoms with Crippen LogP contribution in [-0.2, 0) is 0 Å². The lowest BCUT2D eigenvalue weighted by molar-refractivity contribution is 0.0853. The van der Waals surface area contributed by atoms with Gasteiger partial charge in [-0.15, -0.1) is 0 Å². The van der Waals surface area contributed by atoms with Crippen molar-refractivity contribution >= 4 is 28.5 Å². The number of aryl methyl sites for hydroxylation is 1. The molecule has 0 saturated carbocycles. The lowest BCUT2D eigenvalue weighted by Crippen LogP contribution is -2.32. The van der Waals surface area contributed by atoms with E-state index < -0.39 is 0 Å². The number of para-hydroxylation sites is 1. The van der Waals surface area contributed by atoms with Crippen LogP contribution in [-0.4, -0.2) is 38.2 Å². The molecule has 2 heterocycles. The molecular weight excluding hydrogens is 284 g/mol. The molecule has 0 atom stereocenters. The summed E-state index contributed by atoms with van der Waals surface area (Å²) >= 11 is 1.58. The van der Waals surface area contributed by atoms with E-state index in [1.165, 1.54) is 12.4 Å². The number of amidine groups is 1. The standard InChI is InChI=1S/C15H14N4OS/c1-11-4-2-3-5-12(11)18-15-19(8-9-21-15)14(20)13-10-16-6-7-17-13/h2-7,10H,8-9H2,1H3. The largest absolute Gasteiger partial charge is 0.285 e. The zero-order valence-corrected chi connectivity index (χ0v) is 12.4. The number of amides is 1. The van der Waals surface area contributed by atoms with Crippen LogP contribution < -0.4 is 0 Å². The Hall–Kier alpha value is -2.21. The molecule has 1 aromatic carbocycles. The maximum absolute atomic E-state index is 12.5. The third kappa shape index (κ3) is 2.95. The predicted molar refractivity (Wildman–Crippen MR) is 83.8 cm³/mol. The zero-order valence-electron chi connectivity index (χ0n) is 11.6. The molecule has 1 fully saturated rings. The van der Waals surface area contributed by atoms with Gasteiger partial charge in [-0.1, -0.05) is 30.0 Å². The summed E-state index contributed by atoms with van der Waals surface area (Å²) in [7, 11) is 0. The predicted octanol–water partition coefficient (Wildman–Crippen LogP) is 2.66. The second-order valence-electron chi connectivity index (χ2n) is 4.58. The molecular formula is C15H14N4OS. The van der Waals surface area contributed by atoms with Gasteiger partial charge in [0.2, 0.25) is 0 Å². The van der Waals surface area contributed by atoms with E-state index >= 15 is 0 Å². The first-order valence-electron chi connectivity index (χ1n) is 6.61. The van der Waals surface area contributed by atoms with E-state index in [1.807, 2.05) is 31.2 Å². The number of aliphatic imine (C=N–C) groups is 1. The highest BCUT2D eigenvalue weighted by molar-refractivity contribution is 8.14. The summed E-state index contributed by atoms with van der Waals surface area (Å²) in [6.45, 7) is 2.65. The normalized spacial score (nSPS) is 16.4. The third-order valence-corrected chi connectivity index (χ3v) is 4.09. The molecule has 0 bridgehead atoms. The molecule has 1 aliphatic rings. The van der Waals surface area contributed by atoms with Crippen LogP contribution >= 0.6 is 11.8 Å². The van der Waals surface area contributed by atoms with Gasteiger partial charge >= 0.3 is 0 Å². The van der Waals surface area contributed by atoms with Gasteiger partial charge in [-0.2, -0.15) is 0 Å². The Bertz CT molecular complexity index is 687. The first-order valence-corrected chi connectivity index (χ1v) is 7.59. The lowest BCUT2D eigenvalue weighted by Gasteiger charge is -2.15. The summed E-state index contributed by atoms with van der Waals surface area (Å²) in [5.74, 6) is 0.692. The molecule has 21 heavy (non-hydrogen) atoms. The summed E-state index contributed by atoms with van der Waals surface area (Å²) in [6, 6.07) is 7.88. The average molecular weight is 298 g/mol. The zero-order chi connectivity index (χ0) is 14.7. The van der Waals surface area contributed by atoms with Crippen molar-refractivity contribution in [3.05, 3.63) is 54.1 Å². The van der Waals surface area contributed by atoms with Crippen molar-refractivity contribution in [2.45, 2.75) is 6.92 Å². The van der Waals surface area contributed by atoms with Crippen LogP contribution in [0, 0.1) is 6.92 Å². The first kappa shape index (κ1) is 13.8. The molecule has 0 radical (unpaired) electrons. The van der Waals surface area contributed by atoms with Crippen molar-refractivity contribution < 1.29 is 4.79 Å². The molecule has 0 N–H and O–H groups in total. The van der Waals surface area contributed by atoms with Crippen molar-refractivity contribution in [1.82, 2.24) is 14.9 Å². The number of hydrogen-bond donors (Lipinski definition) is 0. The maximum atomic E-state index is 12.5. The molecule has 1 aromatic heterocycles. The highest BCUT2D eigenvalue weighted by Crippen LogP contribution is 2.25. The van der Waals surface area contributed by atoms with Gasteiger partial charge in [0.15, 0.2) is 5.17 Å². The van der Waals surface area contributed by atoms with Crippen molar-refractivity contribution in [3.63, 3.8) is 0 Å². The second kappa shape index (κ2) is 6.05. The SMILES string of the molecule is Cc1ccccc1N=C1SCCN1C(=O)c1cnccn1. The minimum absolute atomic E-state index is 0.152. The quantitative estimate of drug-likeness (QED) is 0.855. The Morgan fingerprint density at radius 1 is 1.33 bits per heavy atom. The summed E-state index contributed by atoms with van der Waals surface area (Å²) in [6.07, 6.45) is 4.56. The van der Waals surface area contributed by atoms with Gasteiger partial charge in [0, 0.05) is 24.7 Å². The molecule has 3 rings (SSSR count). The Labute approximate surface area is 127 Å². The van der Waals surface area contributed by atoms with E-state index in [0.29, 0.717) is 12.2 Å². The van der Waals surface area contributed by atoms with E-state index in [4.69, 9.17) is 0 Å². The van der Waals surface area contributed by atoms with Crippen LogP contribution in [0.15, 0.2) is 47.8 Å². The average Bonchev–Trinajstić information content (AvgIpc) is 2.98. The minimum Gasteiger partial charge on any atom is -0.285 e. The van der Waals surface area contributed by atoms with E-state index in [-0.39, 0.29) is 5.91 Å². The van der Waals surface area contributed by atoms with Gasteiger partial charge in [0.05, 0.1) is 11.9 Å². The smallest absolute Gasteiger partial charge is 0.280 e. The maximum Gasteiger partial charge on any atom is 0.280 e. The van der Waals surface area contributed by atoms with Crippen LogP contribution in [0.1, 0.15) is 16.1 Å². The number of carbonyl (C=O) groups is 1. The number of benzene rings is 1. The molecule has 1 amide bonds. The number of nitrogens with zero attached hydrogens (tertiary/aromatic N) is 4. The van der Waals surface area contributed by atoms with Crippen LogP contribution in [0.2, 0.25) is 0 Å². The number of carbonyl (C=O) groups excluding carboxylic acids is 1. The van der Waals surface area contributed by atoms with Crippen LogP contribution in [0.25, 0.3) is 0 Å². The van der Waals surface area contributed by atoms with E-state index in [2.05, 4.69) is 15.0 Å². The Kier molecular flexibility index (Phi) is 3.96. The summed E-state index contributed by atoms with van der Waals surface area (Å²) in [5, 5.41) is 0.722. The van der Waals surface area contributed by atoms with E-state index in [1.54, 1.807) is 22.9 Å². The van der Waals surface area contributed by atoms with Gasteiger partial charge in [0.25, 0.3) is 5.91 Å². The fourth-order valence-corrected chi connectivity index (χ4v) is 2.97. The van der Waals surface area contributed by atoms with Gasteiger partial charge in [0.1, 0.15) is 5.69 Å². The highest BCUT2D eigenvalue weighted by atomic mass is 32.2. The molecule has 106 valence electrons. The minimum atomic E-state index is -0.152. The number of hydrogen-bond acceptors (Lipinski definition) is 5. The fraction of sp³-hybridized carbons (Fsp3) is 0.200. The van der Waals surface area contributed by atoms with Crippen LogP contribution in [0.5, 0.6) is 0 Å². The van der Waals surface area contributed by atoms with Crippen molar-refractivity contribution in [1.29, 1.82) is 0 Å². The molecule has 5 nitrogen and oxygen atoms in total. The third-order valence-electron chi connectivity index (χ3n) is 3.14. The van der Waals surface area contributed by atoms with Gasteiger partial charge in [-0.05, 0) is 18.6 Å². The van der Waals surface area contributed by atoms with E-state index in [9.17, 15) is 4.79 Å². The summed E-state index contributed by atoms with van der Waals surface area (Å²) in [5.41, 5.74) is 2.32. The highest BCUT2D eigenvalue weighted by Gasteiger charge is 2.27. The van der Waals surface area contributed by atoms with Crippen LogP contribution in [0.3, 0.4) is 0 Å². The topological polar surface area (TPSA) is 58.5 Å². The lowest BCUT2D eigenvalue weighted by atomic mass is 10.2. The van der Waals surface area contributed by atoms with Crippen molar-refractivity contribution in [3.8, 4) is 0 Å². The molecule has 1 aliphatic heterocycles. The summed E-state index contributed by atoms with van der Waals surface area (Å²) in [4.78, 5) is 26.8. The Morgan fingerprint density at radius 2 is 2.19 bits per heavy atom. The second-order valence-corrected chi connectivity index (χ2v) is 5.64. The Balaban J connectivity index is 1.90. The molecule has 0 aliphatic carbocycles. The molecule has 0 spiro atoms. The molecule has 2 aromatic rings. The van der Waals surface area contributed by atoms with Crippen LogP contribution in [0.4, 0.5) is 5.69 Å². The van der Waals surface area contributed by atoms with Crippen molar-refractivity contribution in [2.75, 3.05) is 12.3 Å². The van der Waals surface area contributed by atoms with Gasteiger partial charge in [-0.25, -0.2) is 9.98 Å². The Morgan fingerprint density at radius 3 is 2.95 bits per heavy atom. The molecule has 1 saturated heterocycles. The van der Waals surface area contributed by atoms with Gasteiger partial charge < -0.3 is 0 Å². The monoisotopic (exact) mass is 298 g/mol. The van der Waals surface area contributed by atoms with E-state index in [0.717, 1.165) is 22.2 Å². The number of thioether (sulfide) groups is 1. The van der Waals surface area contributed by atoms with Crippen molar-refractivity contribution in [2.24, 2.45) is 4.99 Å². The molecule has 0 unspecified atom stereocenters. The number of aromatic nitrogens is 2. The summed E-state index contributed by atoms with van der Waals surface area (Å²) < 4.78 is 0.